The van der Waals surface area contributed by atoms with E-state index in [1.165, 1.54) is 0 Å². The predicted octanol–water partition coefficient (Wildman–Crippen LogP) is 5.66. The Bertz CT molecular complexity index is 2570. The zero-order chi connectivity index (χ0) is 44.5. The number of hydrogen-bond acceptors (Lipinski definition) is 0. The van der Waals surface area contributed by atoms with Gasteiger partial charge >= 0.3 is 0 Å². The summed E-state index contributed by atoms with van der Waals surface area (Å²) < 4.78 is 153. The largest absolute Gasteiger partial charge is 1.00 e. The van der Waals surface area contributed by atoms with Gasteiger partial charge in [0.25, 0.3) is 0 Å². The lowest BCUT2D eigenvalue weighted by atomic mass is 10.0. The number of hydrogen-bond donors (Lipinski definition) is 0. The molecule has 0 heterocycles. The van der Waals surface area contributed by atoms with Gasteiger partial charge in [-0.05, 0) is 77.2 Å². The molecule has 65 heavy (non-hydrogen) atoms. The summed E-state index contributed by atoms with van der Waals surface area (Å²) in [6.07, 6.45) is 0.224. The molecule has 8 rings (SSSR count). The Labute approximate surface area is 391 Å². The van der Waals surface area contributed by atoms with Gasteiger partial charge in [0.15, 0.2) is 10.6 Å². The average molecular weight is 1060 g/mol. The molecule has 0 amide bonds. The fourth-order valence-corrected chi connectivity index (χ4v) is 16.9. The van der Waals surface area contributed by atoms with Crippen molar-refractivity contribution in [3.8, 4) is 0 Å². The summed E-state index contributed by atoms with van der Waals surface area (Å²) in [7, 11) is -7.22. The van der Waals surface area contributed by atoms with Crippen molar-refractivity contribution in [3.05, 3.63) is 250 Å². The second-order valence-electron chi connectivity index (χ2n) is 14.9. The molecule has 0 aliphatic rings. The van der Waals surface area contributed by atoms with Gasteiger partial charge in [0.05, 0.1) is 12.3 Å². The van der Waals surface area contributed by atoms with Crippen molar-refractivity contribution in [2.45, 2.75) is 18.7 Å². The quantitative estimate of drug-likeness (QED) is 0.0642. The first-order valence-corrected chi connectivity index (χ1v) is 23.5. The molecule has 0 bridgehead atoms. The summed E-state index contributed by atoms with van der Waals surface area (Å²) in [6.45, 7) is 0. The van der Waals surface area contributed by atoms with E-state index in [1.807, 2.05) is 0 Å². The first kappa shape index (κ1) is 49.3. The molecule has 0 N–H and O–H groups in total. The Morgan fingerprint density at radius 2 is 0.446 bits per heavy atom. The van der Waals surface area contributed by atoms with Crippen LogP contribution >= 0.6 is 14.5 Å². The molecule has 0 nitrogen and oxygen atoms in total. The lowest BCUT2D eigenvalue weighted by molar-refractivity contribution is -0.001000. The monoisotopic (exact) mass is 1060 g/mol. The maximum atomic E-state index is 16.0. The van der Waals surface area contributed by atoms with E-state index in [4.69, 9.17) is 0 Å². The summed E-state index contributed by atoms with van der Waals surface area (Å²) >= 11 is 0. The number of benzene rings is 8. The van der Waals surface area contributed by atoms with Crippen LogP contribution in [0.2, 0.25) is 0 Å². The van der Waals surface area contributed by atoms with E-state index in [9.17, 15) is 26.3 Å². The molecule has 8 aromatic rings. The Morgan fingerprint density at radius 3 is 0.677 bits per heavy atom. The smallest absolute Gasteiger partial charge is 0.207 e. The van der Waals surface area contributed by atoms with Gasteiger partial charge in [-0.15, -0.1) is 0 Å². The highest BCUT2D eigenvalue weighted by Crippen LogP contribution is 2.61. The molecule has 0 aliphatic heterocycles. The van der Waals surface area contributed by atoms with Crippen LogP contribution in [-0.2, 0) is 18.7 Å². The zero-order valence-electron chi connectivity index (χ0n) is 33.7. The zero-order valence-corrected chi connectivity index (χ0v) is 38.7. The third-order valence-electron chi connectivity index (χ3n) is 11.2. The highest BCUT2D eigenvalue weighted by Gasteiger charge is 2.54. The molecule has 8 aromatic carbocycles. The molecular formula is C51H34Br2F10P2. The molecule has 0 radical (unpaired) electrons. The molecule has 0 fully saturated rings. The van der Waals surface area contributed by atoms with E-state index in [-0.39, 0.29) is 46.3 Å². The van der Waals surface area contributed by atoms with Crippen LogP contribution in [0.5, 0.6) is 0 Å². The van der Waals surface area contributed by atoms with E-state index >= 15 is 17.6 Å². The lowest BCUT2D eigenvalue weighted by Crippen LogP contribution is -3.00. The van der Waals surface area contributed by atoms with E-state index in [2.05, 4.69) is 0 Å². The molecule has 0 aromatic heterocycles. The van der Waals surface area contributed by atoms with Crippen molar-refractivity contribution in [2.75, 3.05) is 0 Å². The lowest BCUT2D eigenvalue weighted by Gasteiger charge is -2.28. The number of rotatable bonds is 12. The van der Waals surface area contributed by atoms with Gasteiger partial charge in [-0.2, -0.15) is 17.6 Å². The Morgan fingerprint density at radius 1 is 0.246 bits per heavy atom. The summed E-state index contributed by atoms with van der Waals surface area (Å²) in [5.41, 5.74) is 2.77. The maximum Gasteiger partial charge on any atom is 0.207 e. The topological polar surface area (TPSA) is 0 Å². The summed E-state index contributed by atoms with van der Waals surface area (Å²) in [6, 6.07) is 47.2. The first-order chi connectivity index (χ1) is 30.4. The van der Waals surface area contributed by atoms with Gasteiger partial charge in [0.2, 0.25) is 58.2 Å². The second-order valence-corrected chi connectivity index (χ2v) is 21.8. The molecule has 332 valence electrons. The van der Waals surface area contributed by atoms with Crippen molar-refractivity contribution in [1.29, 1.82) is 0 Å². The third kappa shape index (κ3) is 9.08. The van der Waals surface area contributed by atoms with Crippen LogP contribution in [-0.4, -0.2) is 0 Å². The Hall–Kier alpha value is -5.12. The summed E-state index contributed by atoms with van der Waals surface area (Å²) in [4.78, 5) is 0. The summed E-state index contributed by atoms with van der Waals surface area (Å²) in [5, 5.41) is -0.0905. The van der Waals surface area contributed by atoms with E-state index in [0.29, 0.717) is 38.8 Å². The molecule has 0 atom stereocenters. The first-order valence-electron chi connectivity index (χ1n) is 19.6. The van der Waals surface area contributed by atoms with Gasteiger partial charge in [-0.1, -0.05) is 121 Å². The van der Waals surface area contributed by atoms with Crippen molar-refractivity contribution >= 4 is 46.4 Å². The van der Waals surface area contributed by atoms with Crippen molar-refractivity contribution in [2.24, 2.45) is 0 Å². The normalized spacial score (nSPS) is 11.5. The van der Waals surface area contributed by atoms with E-state index < -0.39 is 83.3 Å². The van der Waals surface area contributed by atoms with Gasteiger partial charge in [0, 0.05) is 0 Å². The van der Waals surface area contributed by atoms with Crippen molar-refractivity contribution in [3.63, 3.8) is 0 Å². The maximum absolute atomic E-state index is 16.0. The highest BCUT2D eigenvalue weighted by molar-refractivity contribution is 7.95. The van der Waals surface area contributed by atoms with E-state index in [1.54, 1.807) is 170 Å². The highest BCUT2D eigenvalue weighted by atomic mass is 79.9. The van der Waals surface area contributed by atoms with Gasteiger partial charge in [-0.3, -0.25) is 0 Å². The van der Waals surface area contributed by atoms with Crippen molar-refractivity contribution < 1.29 is 77.9 Å². The van der Waals surface area contributed by atoms with Crippen LogP contribution in [0.4, 0.5) is 43.9 Å². The van der Waals surface area contributed by atoms with E-state index in [0.717, 1.165) is 11.1 Å². The minimum absolute atomic E-state index is 0. The van der Waals surface area contributed by atoms with Crippen LogP contribution in [0, 0.1) is 58.2 Å². The van der Waals surface area contributed by atoms with Crippen LogP contribution in [0.3, 0.4) is 0 Å². The predicted molar refractivity (Wildman–Crippen MR) is 233 cm³/mol. The molecule has 0 unspecified atom stereocenters. The Balaban J connectivity index is 0.00000350. The van der Waals surface area contributed by atoms with Crippen LogP contribution in [0.25, 0.3) is 0 Å². The fourth-order valence-electron chi connectivity index (χ4n) is 8.23. The average Bonchev–Trinajstić information content (AvgIpc) is 3.33. The minimum atomic E-state index is -3.61. The van der Waals surface area contributed by atoms with Crippen molar-refractivity contribution in [1.82, 2.24) is 0 Å². The van der Waals surface area contributed by atoms with Gasteiger partial charge < -0.3 is 34.0 Å². The van der Waals surface area contributed by atoms with Gasteiger partial charge in [-0.25, -0.2) is 26.3 Å². The molecule has 14 heteroatoms. The molecular weight excluding hydrogens is 1020 g/mol. The Kier molecular flexibility index (Phi) is 15.6. The van der Waals surface area contributed by atoms with Crippen LogP contribution < -0.4 is 65.8 Å². The third-order valence-corrected chi connectivity index (χ3v) is 19.9. The number of halogens is 12. The molecule has 0 saturated heterocycles. The van der Waals surface area contributed by atoms with Crippen LogP contribution in [0.1, 0.15) is 22.3 Å². The minimum Gasteiger partial charge on any atom is -1.00 e. The van der Waals surface area contributed by atoms with Crippen LogP contribution in [0.15, 0.2) is 170 Å². The molecule has 0 spiro atoms. The molecule has 0 saturated carbocycles. The fraction of sp³-hybridized carbons (Fsp3) is 0.0588. The second kappa shape index (κ2) is 20.6. The molecule has 0 aliphatic carbocycles. The SMILES string of the molecule is Fc1c(F)c(F)c([P+](Cc2ccc(Cc3ccc(C[P+](c4ccccc4)(c4ccccc4)c4c(F)c(F)c(F)c(F)c4F)cc3)cc2)(c2ccccc2)c2ccccc2)c(F)c1F.[Br-].[Br-]. The summed E-state index contributed by atoms with van der Waals surface area (Å²) in [5.74, 6) is -20.1. The van der Waals surface area contributed by atoms with Gasteiger partial charge in [0.1, 0.15) is 35.7 Å². The standard InChI is InChI=1S/C51H34F10P2.2BrH/c52-40-42(54)46(58)50(47(59)43(40)55)62(36-13-5-1-6-14-36,37-15-7-2-8-16-37)30-34-25-21-32(22-26-34)29-33-23-27-35(28-24-33)31-63(38-17-9-3-10-18-38,39-19-11-4-12-20-39)51-48(60)44(56)41(53)45(57)49(51)61;;/h1-28H,29-31H2;2*1H/q+2;;/p-2.